The van der Waals surface area contributed by atoms with Crippen molar-refractivity contribution in [3.8, 4) is 0 Å². The van der Waals surface area contributed by atoms with Crippen LogP contribution in [-0.4, -0.2) is 87.4 Å². The van der Waals surface area contributed by atoms with Crippen molar-refractivity contribution < 1.29 is 42.9 Å². The van der Waals surface area contributed by atoms with Crippen molar-refractivity contribution in [3.63, 3.8) is 0 Å². The van der Waals surface area contributed by atoms with E-state index in [1.165, 1.54) is 103 Å². The van der Waals surface area contributed by atoms with E-state index in [0.29, 0.717) is 23.9 Å². The number of likely N-dealkylation sites (N-methyl/N-ethyl adjacent to an activating group) is 1. The molecule has 9 heteroatoms. The Morgan fingerprint density at radius 1 is 0.392 bits per heavy atom. The van der Waals surface area contributed by atoms with Crippen LogP contribution in [0.2, 0.25) is 0 Å². The van der Waals surface area contributed by atoms with Crippen molar-refractivity contribution in [1.29, 1.82) is 0 Å². The van der Waals surface area contributed by atoms with E-state index < -0.39 is 24.3 Å². The lowest BCUT2D eigenvalue weighted by molar-refractivity contribution is -0.870. The Morgan fingerprint density at radius 2 is 0.722 bits per heavy atom. The first-order chi connectivity index (χ1) is 38.6. The summed E-state index contributed by atoms with van der Waals surface area (Å²) in [7, 11) is 5.96. The molecule has 2 unspecified atom stereocenters. The zero-order valence-electron chi connectivity index (χ0n) is 51.2. The molecule has 0 aliphatic carbocycles. The number of hydrogen-bond acceptors (Lipinski definition) is 7. The minimum atomic E-state index is -1.52. The molecule has 0 fully saturated rings. The highest BCUT2D eigenvalue weighted by Gasteiger charge is 2.25. The minimum Gasteiger partial charge on any atom is -0.477 e. The predicted molar refractivity (Wildman–Crippen MR) is 336 cm³/mol. The van der Waals surface area contributed by atoms with Crippen molar-refractivity contribution >= 4 is 17.9 Å². The van der Waals surface area contributed by atoms with Gasteiger partial charge in [0.1, 0.15) is 13.2 Å². The number of aliphatic carboxylic acids is 1. The number of hydrogen-bond donors (Lipinski definition) is 1. The number of carbonyl (C=O) groups is 3. The molecular weight excluding hydrogens is 983 g/mol. The third kappa shape index (κ3) is 61.2. The van der Waals surface area contributed by atoms with Crippen molar-refractivity contribution in [1.82, 2.24) is 0 Å². The molecule has 0 aromatic rings. The smallest absolute Gasteiger partial charge is 0.361 e. The van der Waals surface area contributed by atoms with E-state index in [2.05, 4.69) is 135 Å². The highest BCUT2D eigenvalue weighted by atomic mass is 16.7. The number of nitrogens with zero attached hydrogens (tertiary/aromatic N) is 1. The molecule has 79 heavy (non-hydrogen) atoms. The van der Waals surface area contributed by atoms with Crippen LogP contribution in [0.4, 0.5) is 0 Å². The summed E-state index contributed by atoms with van der Waals surface area (Å²) in [4.78, 5) is 37.5. The third-order valence-electron chi connectivity index (χ3n) is 13.2. The van der Waals surface area contributed by atoms with Gasteiger partial charge in [0, 0.05) is 12.8 Å². The molecule has 0 bridgehead atoms. The fourth-order valence-electron chi connectivity index (χ4n) is 8.35. The van der Waals surface area contributed by atoms with Gasteiger partial charge in [-0.1, -0.05) is 245 Å². The molecule has 0 aromatic heterocycles. The number of allylic oxidation sites excluding steroid dienone is 20. The predicted octanol–water partition coefficient (Wildman–Crippen LogP) is 19.2. The second-order valence-electron chi connectivity index (χ2n) is 22.0. The molecule has 0 saturated carbocycles. The van der Waals surface area contributed by atoms with Crippen LogP contribution in [0.5, 0.6) is 0 Å². The van der Waals surface area contributed by atoms with Gasteiger partial charge < -0.3 is 28.5 Å². The topological polar surface area (TPSA) is 108 Å². The van der Waals surface area contributed by atoms with Gasteiger partial charge in [-0.05, 0) is 109 Å². The van der Waals surface area contributed by atoms with Gasteiger partial charge in [-0.2, -0.15) is 0 Å². The maximum atomic E-state index is 12.9. The van der Waals surface area contributed by atoms with E-state index >= 15 is 0 Å². The standard InChI is InChI=1S/C70H117NO8/c1-6-8-10-12-14-16-18-20-22-24-25-26-27-28-29-30-31-32-33-34-35-36-37-38-39-40-41-42-43-45-47-49-51-53-55-57-59-61-68(73)79-66(65-78-70(69(74)75)76-63-62-71(3,4)5)64-77-67(72)60-58-56-54-52-50-48-46-44-23-21-19-17-15-13-11-9-7-2/h8,10,14,16,20-23,25-26,28-29,31-32,34-35,37-38,40-41,66,70H,6-7,9,11-13,15,17-19,24,27,30,33,36,39,42-65H2,1-5H3/p+1/b10-8-,16-14-,22-20-,23-21-,26-25-,29-28-,32-31-,35-34-,38-37-,41-40-. The number of ether oxygens (including phenoxy) is 4. The van der Waals surface area contributed by atoms with Crippen molar-refractivity contribution in [2.75, 3.05) is 47.5 Å². The third-order valence-corrected chi connectivity index (χ3v) is 13.2. The Labute approximate surface area is 485 Å². The molecular formula is C70H118NO8+. The summed E-state index contributed by atoms with van der Waals surface area (Å²) in [6.07, 6.45) is 81.4. The second-order valence-corrected chi connectivity index (χ2v) is 22.0. The maximum Gasteiger partial charge on any atom is 0.361 e. The molecule has 0 aliphatic rings. The van der Waals surface area contributed by atoms with E-state index in [1.54, 1.807) is 0 Å². The van der Waals surface area contributed by atoms with Crippen LogP contribution < -0.4 is 0 Å². The van der Waals surface area contributed by atoms with Crippen LogP contribution in [0.15, 0.2) is 122 Å². The molecule has 0 saturated heterocycles. The van der Waals surface area contributed by atoms with Crippen LogP contribution in [0.1, 0.15) is 245 Å². The molecule has 1 N–H and O–H groups in total. The fraction of sp³-hybridized carbons (Fsp3) is 0.671. The van der Waals surface area contributed by atoms with Crippen LogP contribution >= 0.6 is 0 Å². The van der Waals surface area contributed by atoms with Gasteiger partial charge >= 0.3 is 17.9 Å². The number of unbranched alkanes of at least 4 members (excludes halogenated alkanes) is 22. The van der Waals surface area contributed by atoms with Crippen LogP contribution in [-0.2, 0) is 33.3 Å². The normalized spacial score (nSPS) is 13.6. The van der Waals surface area contributed by atoms with E-state index in [1.807, 2.05) is 21.1 Å². The highest BCUT2D eigenvalue weighted by Crippen LogP contribution is 2.15. The van der Waals surface area contributed by atoms with E-state index in [9.17, 15) is 19.5 Å². The zero-order valence-corrected chi connectivity index (χ0v) is 51.2. The number of carbonyl (C=O) groups excluding carboxylic acids is 2. The molecule has 0 radical (unpaired) electrons. The molecule has 0 rings (SSSR count). The number of rotatable bonds is 57. The molecule has 0 aliphatic heterocycles. The highest BCUT2D eigenvalue weighted by molar-refractivity contribution is 5.71. The fourth-order valence-corrected chi connectivity index (χ4v) is 8.35. The summed E-state index contributed by atoms with van der Waals surface area (Å²) in [6.45, 7) is 4.74. The summed E-state index contributed by atoms with van der Waals surface area (Å²) in [5, 5.41) is 9.71. The van der Waals surface area contributed by atoms with Gasteiger partial charge in [0.25, 0.3) is 6.29 Å². The monoisotopic (exact) mass is 1100 g/mol. The van der Waals surface area contributed by atoms with Gasteiger partial charge in [0.05, 0.1) is 34.4 Å². The van der Waals surface area contributed by atoms with Crippen LogP contribution in [0, 0.1) is 0 Å². The van der Waals surface area contributed by atoms with Gasteiger partial charge in [-0.15, -0.1) is 0 Å². The first-order valence-electron chi connectivity index (χ1n) is 31.7. The molecule has 0 heterocycles. The summed E-state index contributed by atoms with van der Waals surface area (Å²) in [6, 6.07) is 0. The van der Waals surface area contributed by atoms with E-state index in [0.717, 1.165) is 109 Å². The van der Waals surface area contributed by atoms with Crippen molar-refractivity contribution in [3.05, 3.63) is 122 Å². The summed E-state index contributed by atoms with van der Waals surface area (Å²) >= 11 is 0. The van der Waals surface area contributed by atoms with Crippen LogP contribution in [0.25, 0.3) is 0 Å². The van der Waals surface area contributed by atoms with E-state index in [-0.39, 0.29) is 32.2 Å². The van der Waals surface area contributed by atoms with Crippen molar-refractivity contribution in [2.24, 2.45) is 0 Å². The van der Waals surface area contributed by atoms with Crippen LogP contribution in [0.3, 0.4) is 0 Å². The zero-order chi connectivity index (χ0) is 57.6. The van der Waals surface area contributed by atoms with Crippen molar-refractivity contribution in [2.45, 2.75) is 257 Å². The average molecular weight is 1100 g/mol. The Bertz CT molecular complexity index is 1710. The number of esters is 2. The van der Waals surface area contributed by atoms with Gasteiger partial charge in [0.2, 0.25) is 0 Å². The summed E-state index contributed by atoms with van der Waals surface area (Å²) in [5.41, 5.74) is 0. The molecule has 0 amide bonds. The van der Waals surface area contributed by atoms with E-state index in [4.69, 9.17) is 18.9 Å². The lowest BCUT2D eigenvalue weighted by Gasteiger charge is -2.25. The molecule has 0 spiro atoms. The first-order valence-corrected chi connectivity index (χ1v) is 31.7. The first kappa shape index (κ1) is 74.7. The number of quaternary nitrogens is 1. The number of carboxylic acids is 1. The largest absolute Gasteiger partial charge is 0.477 e. The summed E-state index contributed by atoms with van der Waals surface area (Å²) < 4.78 is 22.9. The second kappa shape index (κ2) is 59.8. The lowest BCUT2D eigenvalue weighted by atomic mass is 10.1. The van der Waals surface area contributed by atoms with Gasteiger partial charge in [-0.3, -0.25) is 9.59 Å². The number of carboxylic acid groups (broad SMARTS) is 1. The Kier molecular flexibility index (Phi) is 56.5. The molecule has 2 atom stereocenters. The maximum absolute atomic E-state index is 12.9. The molecule has 450 valence electrons. The van der Waals surface area contributed by atoms with Gasteiger partial charge in [0.15, 0.2) is 6.10 Å². The molecule has 0 aromatic carbocycles. The lowest BCUT2D eigenvalue weighted by Crippen LogP contribution is -2.40. The Morgan fingerprint density at radius 3 is 1.09 bits per heavy atom. The quantitative estimate of drug-likeness (QED) is 0.0211. The molecule has 9 nitrogen and oxygen atoms in total. The Balaban J connectivity index is 4.19. The average Bonchev–Trinajstić information content (AvgIpc) is 3.42. The SMILES string of the molecule is CC/C=C\C/C=C\C/C=C\C/C=C\C/C=C\C/C=C\C/C=C\C/C=C\C/C=C\CCCCCCCCCCCC(=O)OC(COC(=O)CCCCCCCCC/C=C\CCCCCCCC)COC(OCC[N+](C)(C)C)C(=O)O. The van der Waals surface area contributed by atoms with Gasteiger partial charge in [-0.25, -0.2) is 4.79 Å². The minimum absolute atomic E-state index is 0.181. The summed E-state index contributed by atoms with van der Waals surface area (Å²) in [5.74, 6) is -2.02. The Hall–Kier alpha value is -4.31.